The lowest BCUT2D eigenvalue weighted by atomic mass is 10.1. The van der Waals surface area contributed by atoms with E-state index in [0.29, 0.717) is 18.3 Å². The van der Waals surface area contributed by atoms with Crippen molar-refractivity contribution in [3.8, 4) is 0 Å². The van der Waals surface area contributed by atoms with E-state index < -0.39 is 4.92 Å². The highest BCUT2D eigenvalue weighted by molar-refractivity contribution is 5.94. The molecule has 1 saturated heterocycles. The van der Waals surface area contributed by atoms with Crippen molar-refractivity contribution in [3.63, 3.8) is 0 Å². The third-order valence-corrected chi connectivity index (χ3v) is 4.09. The van der Waals surface area contributed by atoms with Crippen LogP contribution in [0, 0.1) is 10.1 Å². The first-order chi connectivity index (χ1) is 10.5. The standard InChI is InChI=1S/C15H22N4O3/c1-16-12-4-3-9-18(10-12)11-15(20)17(2)13-5-7-14(8-6-13)19(21)22/h5-8,12,16H,3-4,9-11H2,1-2H3. The fraction of sp³-hybridized carbons (Fsp3) is 0.533. The Morgan fingerprint density at radius 2 is 2.14 bits per heavy atom. The number of non-ortho nitro benzene ring substituents is 1. The molecule has 0 aliphatic carbocycles. The van der Waals surface area contributed by atoms with Gasteiger partial charge in [-0.25, -0.2) is 0 Å². The summed E-state index contributed by atoms with van der Waals surface area (Å²) in [6.45, 7) is 2.17. The minimum absolute atomic E-state index is 0.00870. The van der Waals surface area contributed by atoms with Gasteiger partial charge in [-0.05, 0) is 38.6 Å². The van der Waals surface area contributed by atoms with E-state index in [2.05, 4.69) is 10.2 Å². The SMILES string of the molecule is CNC1CCCN(CC(=O)N(C)c2ccc([N+](=O)[O-])cc2)C1. The number of carbonyl (C=O) groups excluding carboxylic acids is 1. The van der Waals surface area contributed by atoms with Crippen LogP contribution in [0.4, 0.5) is 11.4 Å². The summed E-state index contributed by atoms with van der Waals surface area (Å²) in [5.74, 6) is -0.00870. The number of hydrogen-bond donors (Lipinski definition) is 1. The van der Waals surface area contributed by atoms with Crippen LogP contribution < -0.4 is 10.2 Å². The van der Waals surface area contributed by atoms with Crippen LogP contribution in [0.1, 0.15) is 12.8 Å². The molecule has 1 aliphatic heterocycles. The van der Waals surface area contributed by atoms with Gasteiger partial charge < -0.3 is 10.2 Å². The number of nitrogens with zero attached hydrogens (tertiary/aromatic N) is 3. The molecule has 1 atom stereocenters. The fourth-order valence-electron chi connectivity index (χ4n) is 2.67. The summed E-state index contributed by atoms with van der Waals surface area (Å²) >= 11 is 0. The number of rotatable bonds is 5. The van der Waals surface area contributed by atoms with Gasteiger partial charge in [-0.3, -0.25) is 19.8 Å². The second-order valence-electron chi connectivity index (χ2n) is 5.59. The van der Waals surface area contributed by atoms with E-state index in [1.165, 1.54) is 12.1 Å². The monoisotopic (exact) mass is 306 g/mol. The van der Waals surface area contributed by atoms with Crippen molar-refractivity contribution in [1.82, 2.24) is 10.2 Å². The quantitative estimate of drug-likeness (QED) is 0.654. The molecule has 1 amide bonds. The fourth-order valence-corrected chi connectivity index (χ4v) is 2.67. The van der Waals surface area contributed by atoms with Crippen LogP contribution in [-0.4, -0.2) is 55.5 Å². The number of anilines is 1. The molecule has 0 spiro atoms. The summed E-state index contributed by atoms with van der Waals surface area (Å²) in [5, 5.41) is 13.9. The molecule has 1 fully saturated rings. The summed E-state index contributed by atoms with van der Waals surface area (Å²) in [4.78, 5) is 26.3. The van der Waals surface area contributed by atoms with Gasteiger partial charge in [0.1, 0.15) is 0 Å². The van der Waals surface area contributed by atoms with Crippen LogP contribution in [0.15, 0.2) is 24.3 Å². The molecule has 0 bridgehead atoms. The molecule has 1 N–H and O–H groups in total. The molecular weight excluding hydrogens is 284 g/mol. The van der Waals surface area contributed by atoms with E-state index in [1.807, 2.05) is 7.05 Å². The number of nitro benzene ring substituents is 1. The van der Waals surface area contributed by atoms with Crippen LogP contribution >= 0.6 is 0 Å². The summed E-state index contributed by atoms with van der Waals surface area (Å²) in [5.41, 5.74) is 0.690. The number of likely N-dealkylation sites (N-methyl/N-ethyl adjacent to an activating group) is 2. The van der Waals surface area contributed by atoms with E-state index in [9.17, 15) is 14.9 Å². The zero-order valence-corrected chi connectivity index (χ0v) is 13.0. The Morgan fingerprint density at radius 3 is 2.73 bits per heavy atom. The number of benzene rings is 1. The van der Waals surface area contributed by atoms with Crippen LogP contribution in [-0.2, 0) is 4.79 Å². The Labute approximate surface area is 130 Å². The highest BCUT2D eigenvalue weighted by Gasteiger charge is 2.22. The van der Waals surface area contributed by atoms with Crippen LogP contribution in [0.2, 0.25) is 0 Å². The average molecular weight is 306 g/mol. The first kappa shape index (κ1) is 16.4. The lowest BCUT2D eigenvalue weighted by molar-refractivity contribution is -0.384. The maximum atomic E-state index is 12.4. The number of carbonyl (C=O) groups is 1. The third kappa shape index (κ3) is 4.02. The van der Waals surface area contributed by atoms with Gasteiger partial charge in [0.2, 0.25) is 5.91 Å². The molecule has 0 aromatic heterocycles. The minimum Gasteiger partial charge on any atom is -0.316 e. The predicted octanol–water partition coefficient (Wildman–Crippen LogP) is 1.24. The van der Waals surface area contributed by atoms with E-state index >= 15 is 0 Å². The van der Waals surface area contributed by atoms with Crippen molar-refractivity contribution >= 4 is 17.3 Å². The number of piperidine rings is 1. The minimum atomic E-state index is -0.447. The Kier molecular flexibility index (Phi) is 5.46. The summed E-state index contributed by atoms with van der Waals surface area (Å²) in [6, 6.07) is 6.46. The van der Waals surface area contributed by atoms with Gasteiger partial charge in [0.15, 0.2) is 0 Å². The zero-order valence-electron chi connectivity index (χ0n) is 13.0. The molecule has 7 nitrogen and oxygen atoms in total. The third-order valence-electron chi connectivity index (χ3n) is 4.09. The highest BCUT2D eigenvalue weighted by atomic mass is 16.6. The predicted molar refractivity (Wildman–Crippen MR) is 85.0 cm³/mol. The van der Waals surface area contributed by atoms with Gasteiger partial charge in [-0.2, -0.15) is 0 Å². The summed E-state index contributed by atoms with van der Waals surface area (Å²) in [6.07, 6.45) is 2.22. The molecular formula is C15H22N4O3. The van der Waals surface area contributed by atoms with Crippen molar-refractivity contribution in [1.29, 1.82) is 0 Å². The molecule has 7 heteroatoms. The lowest BCUT2D eigenvalue weighted by Gasteiger charge is -2.33. The molecule has 1 unspecified atom stereocenters. The second-order valence-corrected chi connectivity index (χ2v) is 5.59. The Hall–Kier alpha value is -1.99. The number of nitrogens with one attached hydrogen (secondary N) is 1. The van der Waals surface area contributed by atoms with E-state index in [-0.39, 0.29) is 11.6 Å². The maximum absolute atomic E-state index is 12.4. The van der Waals surface area contributed by atoms with Gasteiger partial charge in [0.05, 0.1) is 11.5 Å². The lowest BCUT2D eigenvalue weighted by Crippen LogP contribution is -2.48. The molecule has 1 heterocycles. The van der Waals surface area contributed by atoms with Crippen LogP contribution in [0.5, 0.6) is 0 Å². The second kappa shape index (κ2) is 7.33. The Balaban J connectivity index is 1.95. The molecule has 2 rings (SSSR count). The Bertz CT molecular complexity index is 532. The zero-order chi connectivity index (χ0) is 16.1. The van der Waals surface area contributed by atoms with Gasteiger partial charge >= 0.3 is 0 Å². The average Bonchev–Trinajstić information content (AvgIpc) is 2.54. The summed E-state index contributed by atoms with van der Waals surface area (Å²) in [7, 11) is 3.64. The first-order valence-electron chi connectivity index (χ1n) is 7.42. The van der Waals surface area contributed by atoms with Crippen LogP contribution in [0.25, 0.3) is 0 Å². The number of hydrogen-bond acceptors (Lipinski definition) is 5. The normalized spacial score (nSPS) is 18.9. The topological polar surface area (TPSA) is 78.7 Å². The molecule has 120 valence electrons. The van der Waals surface area contributed by atoms with E-state index in [1.54, 1.807) is 24.1 Å². The molecule has 22 heavy (non-hydrogen) atoms. The molecule has 1 aromatic rings. The van der Waals surface area contributed by atoms with Gasteiger partial charge in [0, 0.05) is 37.5 Å². The van der Waals surface area contributed by atoms with E-state index in [0.717, 1.165) is 25.9 Å². The Morgan fingerprint density at radius 1 is 1.45 bits per heavy atom. The molecule has 1 aliphatic rings. The number of nitro groups is 1. The number of amides is 1. The molecule has 1 aromatic carbocycles. The first-order valence-corrected chi connectivity index (χ1v) is 7.42. The van der Waals surface area contributed by atoms with Crippen LogP contribution in [0.3, 0.4) is 0 Å². The van der Waals surface area contributed by atoms with E-state index in [4.69, 9.17) is 0 Å². The number of likely N-dealkylation sites (tertiary alicyclic amines) is 1. The maximum Gasteiger partial charge on any atom is 0.269 e. The van der Waals surface area contributed by atoms with Gasteiger partial charge in [0.25, 0.3) is 5.69 Å². The smallest absolute Gasteiger partial charge is 0.269 e. The molecule has 0 saturated carbocycles. The highest BCUT2D eigenvalue weighted by Crippen LogP contribution is 2.19. The van der Waals surface area contributed by atoms with Gasteiger partial charge in [-0.1, -0.05) is 0 Å². The largest absolute Gasteiger partial charge is 0.316 e. The van der Waals surface area contributed by atoms with Crippen molar-refractivity contribution in [2.45, 2.75) is 18.9 Å². The van der Waals surface area contributed by atoms with Crippen molar-refractivity contribution < 1.29 is 9.72 Å². The van der Waals surface area contributed by atoms with Crippen molar-refractivity contribution in [3.05, 3.63) is 34.4 Å². The van der Waals surface area contributed by atoms with Gasteiger partial charge in [-0.15, -0.1) is 0 Å². The summed E-state index contributed by atoms with van der Waals surface area (Å²) < 4.78 is 0. The van der Waals surface area contributed by atoms with Crippen molar-refractivity contribution in [2.24, 2.45) is 0 Å². The molecule has 0 radical (unpaired) electrons. The van der Waals surface area contributed by atoms with Crippen molar-refractivity contribution in [2.75, 3.05) is 38.6 Å².